The molecule has 0 bridgehead atoms. The maximum atomic E-state index is 5.48. The van der Waals surface area contributed by atoms with Gasteiger partial charge in [0.15, 0.2) is 5.11 Å². The van der Waals surface area contributed by atoms with Crippen LogP contribution in [0.25, 0.3) is 0 Å². The van der Waals surface area contributed by atoms with Gasteiger partial charge in [-0.3, -0.25) is 0 Å². The molecule has 1 saturated heterocycles. The number of thiocarbonyl (C=S) groups is 1. The average Bonchev–Trinajstić information content (AvgIpc) is 2.52. The van der Waals surface area contributed by atoms with E-state index in [1.165, 1.54) is 45.2 Å². The highest BCUT2D eigenvalue weighted by atomic mass is 32.1. The molecular weight excluding hydrogens is 270 g/mol. The molecule has 0 unspecified atom stereocenters. The quantitative estimate of drug-likeness (QED) is 0.569. The fourth-order valence-electron chi connectivity index (χ4n) is 3.44. The summed E-state index contributed by atoms with van der Waals surface area (Å²) in [6, 6.07) is 0.925. The molecule has 1 saturated carbocycles. The molecule has 5 heteroatoms. The van der Waals surface area contributed by atoms with Gasteiger partial charge in [0, 0.05) is 20.3 Å². The van der Waals surface area contributed by atoms with Gasteiger partial charge >= 0.3 is 0 Å². The molecule has 116 valence electrons. The first-order chi connectivity index (χ1) is 9.81. The van der Waals surface area contributed by atoms with E-state index in [4.69, 9.17) is 17.0 Å². The molecule has 0 spiro atoms. The third-order valence-corrected chi connectivity index (χ3v) is 5.08. The van der Waals surface area contributed by atoms with E-state index in [1.54, 1.807) is 7.11 Å². The minimum atomic E-state index is 0.801. The van der Waals surface area contributed by atoms with Crippen molar-refractivity contribution in [2.24, 2.45) is 0 Å². The standard InChI is InChI=1S/C15H29N3OS/c1-19-13-5-8-16-15(20)18-11-9-17(10-12-18)14-6-3-2-4-7-14/h14H,2-13H2,1H3,(H,16,20)/p+1. The molecule has 0 radical (unpaired) electrons. The number of piperazine rings is 1. The minimum absolute atomic E-state index is 0.801. The van der Waals surface area contributed by atoms with Crippen LogP contribution in [-0.2, 0) is 4.74 Å². The van der Waals surface area contributed by atoms with Crippen molar-refractivity contribution in [2.75, 3.05) is 46.4 Å². The van der Waals surface area contributed by atoms with Crippen LogP contribution in [-0.4, -0.2) is 62.5 Å². The second-order valence-corrected chi connectivity index (χ2v) is 6.45. The van der Waals surface area contributed by atoms with Crippen LogP contribution < -0.4 is 10.2 Å². The molecule has 2 N–H and O–H groups in total. The Morgan fingerprint density at radius 2 is 1.95 bits per heavy atom. The normalized spacial score (nSPS) is 21.9. The summed E-state index contributed by atoms with van der Waals surface area (Å²) in [5.41, 5.74) is 0. The van der Waals surface area contributed by atoms with Crippen molar-refractivity contribution < 1.29 is 9.64 Å². The summed E-state index contributed by atoms with van der Waals surface area (Å²) in [6.45, 7) is 6.45. The number of hydrogen-bond acceptors (Lipinski definition) is 2. The fourth-order valence-corrected chi connectivity index (χ4v) is 3.72. The molecule has 0 aromatic carbocycles. The van der Waals surface area contributed by atoms with Crippen molar-refractivity contribution in [1.82, 2.24) is 10.2 Å². The molecule has 1 heterocycles. The first-order valence-electron chi connectivity index (χ1n) is 8.17. The van der Waals surface area contributed by atoms with E-state index in [1.807, 2.05) is 4.90 Å². The Morgan fingerprint density at radius 3 is 2.60 bits per heavy atom. The van der Waals surface area contributed by atoms with Crippen LogP contribution in [0.4, 0.5) is 0 Å². The number of nitrogens with zero attached hydrogens (tertiary/aromatic N) is 1. The van der Waals surface area contributed by atoms with E-state index in [9.17, 15) is 0 Å². The van der Waals surface area contributed by atoms with Gasteiger partial charge in [-0.25, -0.2) is 0 Å². The minimum Gasteiger partial charge on any atom is -0.385 e. The van der Waals surface area contributed by atoms with Gasteiger partial charge in [-0.1, -0.05) is 6.42 Å². The predicted octanol–water partition coefficient (Wildman–Crippen LogP) is 0.431. The zero-order valence-corrected chi connectivity index (χ0v) is 13.6. The number of rotatable bonds is 5. The van der Waals surface area contributed by atoms with E-state index in [-0.39, 0.29) is 0 Å². The van der Waals surface area contributed by atoms with Gasteiger partial charge in [-0.2, -0.15) is 0 Å². The van der Waals surface area contributed by atoms with E-state index < -0.39 is 0 Å². The fraction of sp³-hybridized carbons (Fsp3) is 0.933. The molecule has 1 aliphatic heterocycles. The van der Waals surface area contributed by atoms with Crippen molar-refractivity contribution in [1.29, 1.82) is 0 Å². The van der Waals surface area contributed by atoms with E-state index >= 15 is 0 Å². The van der Waals surface area contributed by atoms with Gasteiger partial charge in [-0.15, -0.1) is 0 Å². The second-order valence-electron chi connectivity index (χ2n) is 6.06. The van der Waals surface area contributed by atoms with Gasteiger partial charge in [0.25, 0.3) is 0 Å². The van der Waals surface area contributed by atoms with Crippen molar-refractivity contribution in [2.45, 2.75) is 44.6 Å². The molecule has 0 atom stereocenters. The number of hydrogen-bond donors (Lipinski definition) is 2. The zero-order chi connectivity index (χ0) is 14.2. The number of methoxy groups -OCH3 is 1. The molecule has 20 heavy (non-hydrogen) atoms. The third-order valence-electron chi connectivity index (χ3n) is 4.68. The summed E-state index contributed by atoms with van der Waals surface area (Å²) >= 11 is 5.48. The lowest BCUT2D eigenvalue weighted by molar-refractivity contribution is -0.930. The van der Waals surface area contributed by atoms with E-state index in [0.717, 1.165) is 43.8 Å². The Hall–Kier alpha value is -0.390. The van der Waals surface area contributed by atoms with Crippen molar-refractivity contribution >= 4 is 17.3 Å². The smallest absolute Gasteiger partial charge is 0.169 e. The predicted molar refractivity (Wildman–Crippen MR) is 86.2 cm³/mol. The maximum absolute atomic E-state index is 5.48. The lowest BCUT2D eigenvalue weighted by atomic mass is 9.94. The first-order valence-corrected chi connectivity index (χ1v) is 8.58. The molecule has 2 aliphatic rings. The summed E-state index contributed by atoms with van der Waals surface area (Å²) in [5.74, 6) is 0. The number of ether oxygens (including phenoxy) is 1. The molecule has 0 aromatic rings. The molecule has 1 aliphatic carbocycles. The Morgan fingerprint density at radius 1 is 1.25 bits per heavy atom. The SMILES string of the molecule is COCCCNC(=S)N1CC[NH+](C2CCCCC2)CC1. The summed E-state index contributed by atoms with van der Waals surface area (Å²) in [6.07, 6.45) is 8.23. The number of quaternary nitrogens is 1. The van der Waals surface area contributed by atoms with Crippen LogP contribution >= 0.6 is 12.2 Å². The average molecular weight is 300 g/mol. The van der Waals surface area contributed by atoms with Crippen LogP contribution in [0.3, 0.4) is 0 Å². The molecular formula is C15H30N3OS+. The lowest BCUT2D eigenvalue weighted by Gasteiger charge is -2.38. The molecule has 0 amide bonds. The molecule has 0 aromatic heterocycles. The Balaban J connectivity index is 1.64. The first kappa shape index (κ1) is 16.0. The van der Waals surface area contributed by atoms with Gasteiger partial charge in [0.05, 0.1) is 32.2 Å². The highest BCUT2D eigenvalue weighted by Gasteiger charge is 2.28. The van der Waals surface area contributed by atoms with Crippen LogP contribution in [0, 0.1) is 0 Å². The molecule has 2 rings (SSSR count). The van der Waals surface area contributed by atoms with Gasteiger partial charge in [0.2, 0.25) is 0 Å². The second kappa shape index (κ2) is 8.80. The van der Waals surface area contributed by atoms with Crippen LogP contribution in [0.15, 0.2) is 0 Å². The van der Waals surface area contributed by atoms with Crippen LogP contribution in [0.2, 0.25) is 0 Å². The molecule has 4 nitrogen and oxygen atoms in total. The lowest BCUT2D eigenvalue weighted by Crippen LogP contribution is -3.18. The van der Waals surface area contributed by atoms with E-state index in [0.29, 0.717) is 0 Å². The van der Waals surface area contributed by atoms with Gasteiger partial charge in [0.1, 0.15) is 0 Å². The summed E-state index contributed by atoms with van der Waals surface area (Å²) in [5, 5.41) is 4.28. The highest BCUT2D eigenvalue weighted by molar-refractivity contribution is 7.80. The summed E-state index contributed by atoms with van der Waals surface area (Å²) in [7, 11) is 1.74. The van der Waals surface area contributed by atoms with Crippen molar-refractivity contribution in [3.63, 3.8) is 0 Å². The van der Waals surface area contributed by atoms with Crippen LogP contribution in [0.1, 0.15) is 38.5 Å². The maximum Gasteiger partial charge on any atom is 0.169 e. The molecule has 2 fully saturated rings. The highest BCUT2D eigenvalue weighted by Crippen LogP contribution is 2.15. The van der Waals surface area contributed by atoms with Gasteiger partial charge in [-0.05, 0) is 44.3 Å². The van der Waals surface area contributed by atoms with Gasteiger partial charge < -0.3 is 19.9 Å². The third kappa shape index (κ3) is 4.86. The Kier molecular flexibility index (Phi) is 7.03. The summed E-state index contributed by atoms with van der Waals surface area (Å²) in [4.78, 5) is 4.16. The van der Waals surface area contributed by atoms with Crippen molar-refractivity contribution in [3.05, 3.63) is 0 Å². The Bertz CT molecular complexity index is 287. The van der Waals surface area contributed by atoms with Crippen molar-refractivity contribution in [3.8, 4) is 0 Å². The summed E-state index contributed by atoms with van der Waals surface area (Å²) < 4.78 is 5.05. The largest absolute Gasteiger partial charge is 0.385 e. The topological polar surface area (TPSA) is 28.9 Å². The Labute approximate surface area is 128 Å². The van der Waals surface area contributed by atoms with Crippen LogP contribution in [0.5, 0.6) is 0 Å². The number of nitrogens with one attached hydrogen (secondary N) is 2. The zero-order valence-electron chi connectivity index (χ0n) is 12.8. The monoisotopic (exact) mass is 300 g/mol. The van der Waals surface area contributed by atoms with E-state index in [2.05, 4.69) is 10.2 Å².